The molecule has 0 bridgehead atoms. The summed E-state index contributed by atoms with van der Waals surface area (Å²) in [7, 11) is 1.49. The minimum Gasteiger partial charge on any atom is -0.493 e. The number of benzene rings is 1. The van der Waals surface area contributed by atoms with Crippen molar-refractivity contribution >= 4 is 23.4 Å². The van der Waals surface area contributed by atoms with Crippen molar-refractivity contribution in [1.82, 2.24) is 10.6 Å². The van der Waals surface area contributed by atoms with Gasteiger partial charge in [0.05, 0.1) is 25.3 Å². The van der Waals surface area contributed by atoms with Gasteiger partial charge in [0.1, 0.15) is 0 Å². The Morgan fingerprint density at radius 2 is 1.88 bits per heavy atom. The van der Waals surface area contributed by atoms with E-state index in [0.717, 1.165) is 6.42 Å². The van der Waals surface area contributed by atoms with E-state index in [2.05, 4.69) is 24.5 Å². The first kappa shape index (κ1) is 22.1. The van der Waals surface area contributed by atoms with Crippen LogP contribution >= 0.6 is 11.6 Å². The molecular weight excluding hydrogens is 356 g/mol. The van der Waals surface area contributed by atoms with E-state index in [1.54, 1.807) is 6.07 Å². The zero-order valence-corrected chi connectivity index (χ0v) is 17.1. The summed E-state index contributed by atoms with van der Waals surface area (Å²) in [4.78, 5) is 24.1. The maximum Gasteiger partial charge on any atom is 0.251 e. The third-order valence-electron chi connectivity index (χ3n) is 3.36. The highest BCUT2D eigenvalue weighted by Gasteiger charge is 2.18. The van der Waals surface area contributed by atoms with Crippen LogP contribution in [-0.2, 0) is 4.79 Å². The first-order chi connectivity index (χ1) is 12.0. The molecule has 0 aliphatic heterocycles. The predicted octanol–water partition coefficient (Wildman–Crippen LogP) is 3.42. The van der Waals surface area contributed by atoms with E-state index in [1.165, 1.54) is 13.2 Å². The van der Waals surface area contributed by atoms with Crippen LogP contribution < -0.4 is 20.1 Å². The second kappa shape index (κ2) is 9.67. The van der Waals surface area contributed by atoms with Gasteiger partial charge in [-0.25, -0.2) is 0 Å². The fraction of sp³-hybridized carbons (Fsp3) is 0.579. The average Bonchev–Trinajstić information content (AvgIpc) is 2.51. The fourth-order valence-electron chi connectivity index (χ4n) is 2.11. The summed E-state index contributed by atoms with van der Waals surface area (Å²) in [5.41, 5.74) is -0.0600. The second-order valence-corrected chi connectivity index (χ2v) is 7.91. The minimum absolute atomic E-state index is 0.122. The third kappa shape index (κ3) is 7.52. The molecule has 26 heavy (non-hydrogen) atoms. The second-order valence-electron chi connectivity index (χ2n) is 7.50. The molecule has 0 saturated heterocycles. The molecule has 1 aromatic rings. The van der Waals surface area contributed by atoms with Gasteiger partial charge in [0.15, 0.2) is 11.5 Å². The highest BCUT2D eigenvalue weighted by Crippen LogP contribution is 2.36. The maximum atomic E-state index is 12.3. The molecule has 0 aromatic heterocycles. The van der Waals surface area contributed by atoms with E-state index < -0.39 is 5.91 Å². The molecule has 0 fully saturated rings. The molecule has 0 unspecified atom stereocenters. The lowest BCUT2D eigenvalue weighted by atomic mass is 10.1. The molecule has 2 amide bonds. The molecule has 1 aromatic carbocycles. The molecule has 0 saturated carbocycles. The summed E-state index contributed by atoms with van der Waals surface area (Å²) in [5.74, 6) is 0.618. The van der Waals surface area contributed by atoms with Crippen molar-refractivity contribution in [3.05, 3.63) is 22.7 Å². The number of amides is 2. The number of ether oxygens (including phenoxy) is 2. The topological polar surface area (TPSA) is 76.7 Å². The summed E-state index contributed by atoms with van der Waals surface area (Å²) in [5, 5.41) is 5.64. The highest BCUT2D eigenvalue weighted by molar-refractivity contribution is 6.32. The van der Waals surface area contributed by atoms with Gasteiger partial charge in [-0.1, -0.05) is 25.4 Å². The average molecular weight is 385 g/mol. The van der Waals surface area contributed by atoms with Crippen LogP contribution in [0.4, 0.5) is 0 Å². The van der Waals surface area contributed by atoms with E-state index in [-0.39, 0.29) is 23.0 Å². The van der Waals surface area contributed by atoms with Gasteiger partial charge in [-0.3, -0.25) is 9.59 Å². The molecule has 0 spiro atoms. The normalized spacial score (nSPS) is 11.2. The van der Waals surface area contributed by atoms with Crippen LogP contribution in [0.5, 0.6) is 11.5 Å². The molecule has 0 atom stereocenters. The third-order valence-corrected chi connectivity index (χ3v) is 3.64. The number of carbonyl (C=O) groups excluding carboxylic acids is 2. The zero-order chi connectivity index (χ0) is 19.9. The standard InChI is InChI=1S/C19H29ClN2O4/c1-12(2)7-8-26-17-14(20)9-13(10-15(17)25-6)18(24)21-11-16(23)22-19(3,4)5/h9-10,12H,7-8,11H2,1-6H3,(H,21,24)(H,22,23). The largest absolute Gasteiger partial charge is 0.493 e. The van der Waals surface area contributed by atoms with Crippen LogP contribution in [-0.4, -0.2) is 37.6 Å². The van der Waals surface area contributed by atoms with Gasteiger partial charge in [0.25, 0.3) is 5.91 Å². The Balaban J connectivity index is 2.79. The minimum atomic E-state index is -0.414. The number of rotatable bonds is 8. The Morgan fingerprint density at radius 3 is 2.42 bits per heavy atom. The van der Waals surface area contributed by atoms with Gasteiger partial charge in [-0.05, 0) is 45.2 Å². The van der Waals surface area contributed by atoms with Crippen molar-refractivity contribution in [2.75, 3.05) is 20.3 Å². The summed E-state index contributed by atoms with van der Waals surface area (Å²) in [6, 6.07) is 3.05. The number of hydrogen-bond acceptors (Lipinski definition) is 4. The quantitative estimate of drug-likeness (QED) is 0.720. The van der Waals surface area contributed by atoms with E-state index >= 15 is 0 Å². The Hall–Kier alpha value is -1.95. The lowest BCUT2D eigenvalue weighted by molar-refractivity contribution is -0.121. The van der Waals surface area contributed by atoms with Crippen molar-refractivity contribution in [2.24, 2.45) is 5.92 Å². The van der Waals surface area contributed by atoms with E-state index in [1.807, 2.05) is 20.8 Å². The van der Waals surface area contributed by atoms with Gasteiger partial charge < -0.3 is 20.1 Å². The van der Waals surface area contributed by atoms with Gasteiger partial charge in [-0.2, -0.15) is 0 Å². The monoisotopic (exact) mass is 384 g/mol. The summed E-state index contributed by atoms with van der Waals surface area (Å²) < 4.78 is 11.0. The SMILES string of the molecule is COc1cc(C(=O)NCC(=O)NC(C)(C)C)cc(Cl)c1OCCC(C)C. The van der Waals surface area contributed by atoms with Crippen LogP contribution in [0.15, 0.2) is 12.1 Å². The number of methoxy groups -OCH3 is 1. The van der Waals surface area contributed by atoms with Crippen molar-refractivity contribution in [2.45, 2.75) is 46.6 Å². The molecule has 6 nitrogen and oxygen atoms in total. The molecule has 7 heteroatoms. The number of hydrogen-bond donors (Lipinski definition) is 2. The van der Waals surface area contributed by atoms with E-state index in [9.17, 15) is 9.59 Å². The van der Waals surface area contributed by atoms with Crippen LogP contribution in [0.1, 0.15) is 51.4 Å². The van der Waals surface area contributed by atoms with Gasteiger partial charge in [-0.15, -0.1) is 0 Å². The van der Waals surface area contributed by atoms with Crippen molar-refractivity contribution in [3.8, 4) is 11.5 Å². The predicted molar refractivity (Wildman–Crippen MR) is 103 cm³/mol. The van der Waals surface area contributed by atoms with Crippen molar-refractivity contribution < 1.29 is 19.1 Å². The Labute approximate surface area is 160 Å². The highest BCUT2D eigenvalue weighted by atomic mass is 35.5. The lowest BCUT2D eigenvalue weighted by Gasteiger charge is -2.20. The number of halogens is 1. The summed E-state index contributed by atoms with van der Waals surface area (Å²) >= 11 is 6.26. The zero-order valence-electron chi connectivity index (χ0n) is 16.4. The molecular formula is C19H29ClN2O4. The van der Waals surface area contributed by atoms with Gasteiger partial charge in [0.2, 0.25) is 5.91 Å². The van der Waals surface area contributed by atoms with E-state index in [0.29, 0.717) is 29.6 Å². The molecule has 1 rings (SSSR count). The lowest BCUT2D eigenvalue weighted by Crippen LogP contribution is -2.45. The van der Waals surface area contributed by atoms with Crippen molar-refractivity contribution in [3.63, 3.8) is 0 Å². The van der Waals surface area contributed by atoms with E-state index in [4.69, 9.17) is 21.1 Å². The maximum absolute atomic E-state index is 12.3. The Kier molecular flexibility index (Phi) is 8.21. The van der Waals surface area contributed by atoms with Crippen LogP contribution in [0.2, 0.25) is 5.02 Å². The summed E-state index contributed by atoms with van der Waals surface area (Å²) in [6.45, 7) is 10.2. The van der Waals surface area contributed by atoms with Crippen LogP contribution in [0.25, 0.3) is 0 Å². The molecule has 0 aliphatic rings. The number of nitrogens with one attached hydrogen (secondary N) is 2. The molecule has 0 aliphatic carbocycles. The molecule has 0 radical (unpaired) electrons. The Bertz CT molecular complexity index is 639. The first-order valence-corrected chi connectivity index (χ1v) is 9.01. The van der Waals surface area contributed by atoms with Crippen LogP contribution in [0.3, 0.4) is 0 Å². The summed E-state index contributed by atoms with van der Waals surface area (Å²) in [6.07, 6.45) is 0.880. The molecule has 0 heterocycles. The number of carbonyl (C=O) groups is 2. The molecule has 146 valence electrons. The van der Waals surface area contributed by atoms with Crippen LogP contribution in [0, 0.1) is 5.92 Å². The van der Waals surface area contributed by atoms with Crippen molar-refractivity contribution in [1.29, 1.82) is 0 Å². The van der Waals surface area contributed by atoms with Gasteiger partial charge in [0, 0.05) is 11.1 Å². The van der Waals surface area contributed by atoms with Gasteiger partial charge >= 0.3 is 0 Å². The Morgan fingerprint density at radius 1 is 1.23 bits per heavy atom. The smallest absolute Gasteiger partial charge is 0.251 e. The first-order valence-electron chi connectivity index (χ1n) is 8.63. The molecule has 2 N–H and O–H groups in total. The fourth-order valence-corrected chi connectivity index (χ4v) is 2.38.